The van der Waals surface area contributed by atoms with Crippen molar-refractivity contribution in [3.8, 4) is 0 Å². The molecule has 3 heteroatoms. The summed E-state index contributed by atoms with van der Waals surface area (Å²) in [5, 5.41) is 3.48. The standard InChI is InChI=1S/C15H28N2O/c1-12-10-15(6-9-18-12)17(14-2-3-14)11-13-4-7-16-8-5-13/h12-16H,2-11H2,1H3. The minimum atomic E-state index is 0.470. The molecule has 1 saturated carbocycles. The molecule has 0 radical (unpaired) electrons. The van der Waals surface area contributed by atoms with Gasteiger partial charge in [0.25, 0.3) is 0 Å². The van der Waals surface area contributed by atoms with Gasteiger partial charge in [-0.3, -0.25) is 4.90 Å². The fourth-order valence-corrected chi connectivity index (χ4v) is 3.64. The van der Waals surface area contributed by atoms with Crippen molar-refractivity contribution in [3.63, 3.8) is 0 Å². The summed E-state index contributed by atoms with van der Waals surface area (Å²) >= 11 is 0. The predicted molar refractivity (Wildman–Crippen MR) is 73.8 cm³/mol. The van der Waals surface area contributed by atoms with Crippen molar-refractivity contribution in [1.29, 1.82) is 0 Å². The highest BCUT2D eigenvalue weighted by molar-refractivity contribution is 4.92. The number of nitrogens with one attached hydrogen (secondary N) is 1. The van der Waals surface area contributed by atoms with Crippen LogP contribution in [0.3, 0.4) is 0 Å². The molecule has 2 unspecified atom stereocenters. The van der Waals surface area contributed by atoms with Crippen LogP contribution in [0.25, 0.3) is 0 Å². The van der Waals surface area contributed by atoms with E-state index in [4.69, 9.17) is 4.74 Å². The maximum Gasteiger partial charge on any atom is 0.0561 e. The normalized spacial score (nSPS) is 35.0. The third kappa shape index (κ3) is 3.25. The molecule has 3 rings (SSSR count). The zero-order valence-corrected chi connectivity index (χ0v) is 11.7. The third-order valence-electron chi connectivity index (χ3n) is 4.87. The molecular weight excluding hydrogens is 224 g/mol. The molecule has 3 aliphatic rings. The van der Waals surface area contributed by atoms with E-state index in [0.717, 1.165) is 24.6 Å². The lowest BCUT2D eigenvalue weighted by atomic mass is 9.94. The molecule has 0 spiro atoms. The quantitative estimate of drug-likeness (QED) is 0.828. The van der Waals surface area contributed by atoms with Gasteiger partial charge in [-0.05, 0) is 64.5 Å². The van der Waals surface area contributed by atoms with E-state index in [9.17, 15) is 0 Å². The number of hydrogen-bond donors (Lipinski definition) is 1. The number of ether oxygens (including phenoxy) is 1. The lowest BCUT2D eigenvalue weighted by Crippen LogP contribution is -2.46. The maximum atomic E-state index is 5.71. The molecule has 1 aliphatic carbocycles. The van der Waals surface area contributed by atoms with Crippen LogP contribution in [0, 0.1) is 5.92 Å². The van der Waals surface area contributed by atoms with Gasteiger partial charge in [0.15, 0.2) is 0 Å². The smallest absolute Gasteiger partial charge is 0.0561 e. The second-order valence-corrected chi connectivity index (χ2v) is 6.48. The summed E-state index contributed by atoms with van der Waals surface area (Å²) in [6.45, 7) is 7.02. The molecule has 2 saturated heterocycles. The Morgan fingerprint density at radius 2 is 1.83 bits per heavy atom. The zero-order valence-electron chi connectivity index (χ0n) is 11.7. The van der Waals surface area contributed by atoms with E-state index >= 15 is 0 Å². The molecule has 0 aromatic carbocycles. The molecule has 1 N–H and O–H groups in total. The van der Waals surface area contributed by atoms with Gasteiger partial charge in [-0.1, -0.05) is 0 Å². The number of piperidine rings is 1. The van der Waals surface area contributed by atoms with Crippen LogP contribution in [-0.4, -0.2) is 49.3 Å². The Bertz CT molecular complexity index is 261. The van der Waals surface area contributed by atoms with Crippen LogP contribution in [-0.2, 0) is 4.74 Å². The summed E-state index contributed by atoms with van der Waals surface area (Å²) < 4.78 is 5.71. The molecule has 2 atom stereocenters. The highest BCUT2D eigenvalue weighted by Crippen LogP contribution is 2.34. The number of hydrogen-bond acceptors (Lipinski definition) is 3. The van der Waals surface area contributed by atoms with Crippen LogP contribution in [0.15, 0.2) is 0 Å². The molecule has 2 aliphatic heterocycles. The first-order valence-electron chi connectivity index (χ1n) is 7.91. The molecule has 3 fully saturated rings. The first-order valence-corrected chi connectivity index (χ1v) is 7.91. The van der Waals surface area contributed by atoms with Crippen molar-refractivity contribution >= 4 is 0 Å². The first-order chi connectivity index (χ1) is 8.83. The summed E-state index contributed by atoms with van der Waals surface area (Å²) in [5.74, 6) is 0.935. The van der Waals surface area contributed by atoms with E-state index in [-0.39, 0.29) is 0 Å². The SMILES string of the molecule is CC1CC(N(CC2CCNCC2)C2CC2)CCO1. The molecule has 3 nitrogen and oxygen atoms in total. The van der Waals surface area contributed by atoms with Crippen LogP contribution in [0.5, 0.6) is 0 Å². The Morgan fingerprint density at radius 3 is 2.50 bits per heavy atom. The average molecular weight is 252 g/mol. The zero-order chi connectivity index (χ0) is 12.4. The monoisotopic (exact) mass is 252 g/mol. The van der Waals surface area contributed by atoms with Gasteiger partial charge in [-0.2, -0.15) is 0 Å². The molecule has 18 heavy (non-hydrogen) atoms. The van der Waals surface area contributed by atoms with Gasteiger partial charge in [0.2, 0.25) is 0 Å². The predicted octanol–water partition coefficient (Wildman–Crippen LogP) is 2.02. The topological polar surface area (TPSA) is 24.5 Å². The second-order valence-electron chi connectivity index (χ2n) is 6.48. The van der Waals surface area contributed by atoms with Crippen LogP contribution in [0.4, 0.5) is 0 Å². The number of nitrogens with zero attached hydrogens (tertiary/aromatic N) is 1. The van der Waals surface area contributed by atoms with Crippen molar-refractivity contribution in [2.75, 3.05) is 26.2 Å². The molecular formula is C15H28N2O. The minimum absolute atomic E-state index is 0.470. The Kier molecular flexibility index (Phi) is 4.22. The van der Waals surface area contributed by atoms with Crippen LogP contribution < -0.4 is 5.32 Å². The maximum absolute atomic E-state index is 5.71. The Labute approximate surface area is 111 Å². The van der Waals surface area contributed by atoms with Crippen LogP contribution in [0.1, 0.15) is 45.4 Å². The van der Waals surface area contributed by atoms with E-state index in [0.29, 0.717) is 6.10 Å². The molecule has 0 bridgehead atoms. The summed E-state index contributed by atoms with van der Waals surface area (Å²) in [5.41, 5.74) is 0. The molecule has 0 amide bonds. The second kappa shape index (κ2) is 5.89. The molecule has 0 aromatic rings. The van der Waals surface area contributed by atoms with Crippen molar-refractivity contribution in [1.82, 2.24) is 10.2 Å². The minimum Gasteiger partial charge on any atom is -0.378 e. The van der Waals surface area contributed by atoms with Crippen molar-refractivity contribution in [2.24, 2.45) is 5.92 Å². The Morgan fingerprint density at radius 1 is 1.06 bits per heavy atom. The fraction of sp³-hybridized carbons (Fsp3) is 1.00. The van der Waals surface area contributed by atoms with Gasteiger partial charge in [-0.25, -0.2) is 0 Å². The van der Waals surface area contributed by atoms with Gasteiger partial charge >= 0.3 is 0 Å². The number of rotatable bonds is 4. The highest BCUT2D eigenvalue weighted by atomic mass is 16.5. The van der Waals surface area contributed by atoms with Gasteiger partial charge in [0, 0.05) is 25.2 Å². The van der Waals surface area contributed by atoms with E-state index in [1.54, 1.807) is 0 Å². The lowest BCUT2D eigenvalue weighted by Gasteiger charge is -2.39. The van der Waals surface area contributed by atoms with Gasteiger partial charge in [0.05, 0.1) is 6.10 Å². The third-order valence-corrected chi connectivity index (χ3v) is 4.87. The fourth-order valence-electron chi connectivity index (χ4n) is 3.64. The lowest BCUT2D eigenvalue weighted by molar-refractivity contribution is -0.0239. The summed E-state index contributed by atoms with van der Waals surface area (Å²) in [6.07, 6.45) is 8.61. The summed E-state index contributed by atoms with van der Waals surface area (Å²) in [7, 11) is 0. The largest absolute Gasteiger partial charge is 0.378 e. The van der Waals surface area contributed by atoms with Gasteiger partial charge in [-0.15, -0.1) is 0 Å². The first kappa shape index (κ1) is 12.9. The van der Waals surface area contributed by atoms with Crippen LogP contribution >= 0.6 is 0 Å². The Hall–Kier alpha value is -0.120. The average Bonchev–Trinajstić information content (AvgIpc) is 3.21. The Balaban J connectivity index is 1.56. The van der Waals surface area contributed by atoms with E-state index in [1.165, 1.54) is 58.2 Å². The van der Waals surface area contributed by atoms with Crippen molar-refractivity contribution in [2.45, 2.75) is 63.6 Å². The molecule has 2 heterocycles. The van der Waals surface area contributed by atoms with Crippen molar-refractivity contribution in [3.05, 3.63) is 0 Å². The summed E-state index contributed by atoms with van der Waals surface area (Å²) in [4.78, 5) is 2.86. The van der Waals surface area contributed by atoms with Crippen molar-refractivity contribution < 1.29 is 4.74 Å². The van der Waals surface area contributed by atoms with Gasteiger partial charge in [0.1, 0.15) is 0 Å². The van der Waals surface area contributed by atoms with E-state index < -0.39 is 0 Å². The summed E-state index contributed by atoms with van der Waals surface area (Å²) in [6, 6.07) is 1.71. The molecule has 0 aromatic heterocycles. The van der Waals surface area contributed by atoms with E-state index in [2.05, 4.69) is 17.1 Å². The molecule has 104 valence electrons. The van der Waals surface area contributed by atoms with Crippen LogP contribution in [0.2, 0.25) is 0 Å². The van der Waals surface area contributed by atoms with Gasteiger partial charge < -0.3 is 10.1 Å². The highest BCUT2D eigenvalue weighted by Gasteiger charge is 2.37. The van der Waals surface area contributed by atoms with E-state index in [1.807, 2.05) is 0 Å².